The average Bonchev–Trinajstić information content (AvgIpc) is 3.24. The van der Waals surface area contributed by atoms with Crippen LogP contribution in [0.25, 0.3) is 0 Å². The molecule has 0 saturated carbocycles. The summed E-state index contributed by atoms with van der Waals surface area (Å²) in [5.74, 6) is 0.296. The molecule has 1 unspecified atom stereocenters. The molecule has 0 amide bonds. The summed E-state index contributed by atoms with van der Waals surface area (Å²) in [5.41, 5.74) is 2.02. The first kappa shape index (κ1) is 14.6. The van der Waals surface area contributed by atoms with Crippen molar-refractivity contribution in [3.05, 3.63) is 65.7 Å². The van der Waals surface area contributed by atoms with Crippen molar-refractivity contribution >= 4 is 21.6 Å². The number of hydrogen-bond donors (Lipinski definition) is 0. The van der Waals surface area contributed by atoms with Crippen molar-refractivity contribution in [3.8, 4) is 0 Å². The Morgan fingerprint density at radius 3 is 2.24 bits per heavy atom. The van der Waals surface area contributed by atoms with E-state index in [9.17, 15) is 8.42 Å². The Kier molecular flexibility index (Phi) is 3.78. The quantitative estimate of drug-likeness (QED) is 0.639. The number of alkyl halides is 1. The Labute approximate surface area is 130 Å². The van der Waals surface area contributed by atoms with Gasteiger partial charge in [-0.15, -0.1) is 11.6 Å². The molecule has 1 fully saturated rings. The fourth-order valence-electron chi connectivity index (χ4n) is 2.59. The summed E-state index contributed by atoms with van der Waals surface area (Å²) in [6.45, 7) is 1.93. The largest absolute Gasteiger partial charge is 0.244 e. The third-order valence-electron chi connectivity index (χ3n) is 3.77. The van der Waals surface area contributed by atoms with Gasteiger partial charge < -0.3 is 0 Å². The molecular weight excluding hydrogens is 306 g/mol. The maximum atomic E-state index is 12.7. The number of benzene rings is 2. The maximum Gasteiger partial charge on any atom is 0.244 e. The van der Waals surface area contributed by atoms with E-state index in [0.29, 0.717) is 10.8 Å². The van der Waals surface area contributed by atoms with Crippen LogP contribution in [0, 0.1) is 6.92 Å². The molecule has 0 aromatic heterocycles. The van der Waals surface area contributed by atoms with Crippen molar-refractivity contribution in [2.24, 2.45) is 0 Å². The Balaban J connectivity index is 1.94. The van der Waals surface area contributed by atoms with Gasteiger partial charge in [0.05, 0.1) is 17.0 Å². The molecule has 1 aliphatic heterocycles. The summed E-state index contributed by atoms with van der Waals surface area (Å²) >= 11 is 5.95. The molecule has 1 heterocycles. The van der Waals surface area contributed by atoms with E-state index in [1.54, 1.807) is 12.1 Å². The molecule has 2 aromatic rings. The van der Waals surface area contributed by atoms with Gasteiger partial charge in [0.25, 0.3) is 0 Å². The summed E-state index contributed by atoms with van der Waals surface area (Å²) in [6.07, 6.45) is 0. The fraction of sp³-hybridized carbons (Fsp3) is 0.250. The summed E-state index contributed by atoms with van der Waals surface area (Å²) in [4.78, 5) is 0.321. The zero-order valence-electron chi connectivity index (χ0n) is 11.6. The number of nitrogens with zero attached hydrogens (tertiary/aromatic N) is 1. The molecule has 2 aromatic carbocycles. The average molecular weight is 322 g/mol. The van der Waals surface area contributed by atoms with Crippen LogP contribution in [-0.4, -0.2) is 24.6 Å². The molecule has 110 valence electrons. The van der Waals surface area contributed by atoms with Crippen molar-refractivity contribution in [1.82, 2.24) is 4.31 Å². The lowest BCUT2D eigenvalue weighted by Crippen LogP contribution is -2.15. The standard InChI is InChI=1S/C16H16ClNO2S/c1-12-7-9-14(10-8-12)21(19,20)18-15(11-17)16(18)13-5-3-2-4-6-13/h2-10,15-16H,11H2,1H3/t15-,16-,18?/m0/s1. The number of sulfonamides is 1. The molecule has 3 nitrogen and oxygen atoms in total. The predicted molar refractivity (Wildman–Crippen MR) is 83.9 cm³/mol. The van der Waals surface area contributed by atoms with Crippen LogP contribution in [0.5, 0.6) is 0 Å². The van der Waals surface area contributed by atoms with E-state index in [1.165, 1.54) is 4.31 Å². The molecule has 3 atom stereocenters. The van der Waals surface area contributed by atoms with Gasteiger partial charge in [0.15, 0.2) is 0 Å². The van der Waals surface area contributed by atoms with Crippen LogP contribution in [0.4, 0.5) is 0 Å². The van der Waals surface area contributed by atoms with Crippen LogP contribution in [-0.2, 0) is 10.0 Å². The van der Waals surface area contributed by atoms with Crippen molar-refractivity contribution in [2.45, 2.75) is 23.9 Å². The maximum absolute atomic E-state index is 12.7. The van der Waals surface area contributed by atoms with Crippen molar-refractivity contribution in [1.29, 1.82) is 0 Å². The molecular formula is C16H16ClNO2S. The Hall–Kier alpha value is -1.36. The van der Waals surface area contributed by atoms with Gasteiger partial charge in [0.2, 0.25) is 10.0 Å². The monoisotopic (exact) mass is 321 g/mol. The number of rotatable bonds is 4. The molecule has 0 bridgehead atoms. The van der Waals surface area contributed by atoms with Gasteiger partial charge in [0, 0.05) is 5.88 Å². The lowest BCUT2D eigenvalue weighted by atomic mass is 10.1. The summed E-state index contributed by atoms with van der Waals surface area (Å²) in [6, 6.07) is 16.2. The minimum atomic E-state index is -3.49. The van der Waals surface area contributed by atoms with Gasteiger partial charge in [-0.2, -0.15) is 4.31 Å². The third kappa shape index (κ3) is 2.59. The first-order chi connectivity index (χ1) is 10.1. The molecule has 5 heteroatoms. The third-order valence-corrected chi connectivity index (χ3v) is 6.01. The Morgan fingerprint density at radius 1 is 1.05 bits per heavy atom. The Morgan fingerprint density at radius 2 is 1.67 bits per heavy atom. The molecule has 0 spiro atoms. The Bertz CT molecular complexity index is 729. The summed E-state index contributed by atoms with van der Waals surface area (Å²) < 4.78 is 27.0. The smallest absolute Gasteiger partial charge is 0.207 e. The molecule has 0 radical (unpaired) electrons. The molecule has 0 aliphatic carbocycles. The highest BCUT2D eigenvalue weighted by Crippen LogP contribution is 2.47. The lowest BCUT2D eigenvalue weighted by molar-refractivity contribution is 0.548. The minimum Gasteiger partial charge on any atom is -0.207 e. The van der Waals surface area contributed by atoms with Crippen LogP contribution in [0.1, 0.15) is 17.2 Å². The SMILES string of the molecule is Cc1ccc(S(=O)(=O)N2[C@@H](CCl)[C@@H]2c2ccccc2)cc1. The van der Waals surface area contributed by atoms with E-state index in [-0.39, 0.29) is 12.1 Å². The van der Waals surface area contributed by atoms with Crippen molar-refractivity contribution in [3.63, 3.8) is 0 Å². The van der Waals surface area contributed by atoms with E-state index in [2.05, 4.69) is 0 Å². The zero-order valence-corrected chi connectivity index (χ0v) is 13.2. The first-order valence-corrected chi connectivity index (χ1v) is 8.74. The zero-order chi connectivity index (χ0) is 15.0. The minimum absolute atomic E-state index is 0.157. The van der Waals surface area contributed by atoms with Gasteiger partial charge in [-0.1, -0.05) is 48.0 Å². The van der Waals surface area contributed by atoms with Gasteiger partial charge >= 0.3 is 0 Å². The van der Waals surface area contributed by atoms with Crippen LogP contribution >= 0.6 is 11.6 Å². The van der Waals surface area contributed by atoms with E-state index in [0.717, 1.165) is 11.1 Å². The van der Waals surface area contributed by atoms with E-state index in [1.807, 2.05) is 49.4 Å². The molecule has 1 saturated heterocycles. The van der Waals surface area contributed by atoms with Crippen LogP contribution < -0.4 is 0 Å². The molecule has 3 rings (SSSR count). The second kappa shape index (κ2) is 5.44. The van der Waals surface area contributed by atoms with Gasteiger partial charge in [-0.3, -0.25) is 0 Å². The number of aryl methyl sites for hydroxylation is 1. The van der Waals surface area contributed by atoms with Crippen LogP contribution in [0.2, 0.25) is 0 Å². The topological polar surface area (TPSA) is 37.1 Å². The summed E-state index contributed by atoms with van der Waals surface area (Å²) in [5, 5.41) is 0. The van der Waals surface area contributed by atoms with Gasteiger partial charge in [-0.25, -0.2) is 8.42 Å². The van der Waals surface area contributed by atoms with E-state index >= 15 is 0 Å². The van der Waals surface area contributed by atoms with E-state index < -0.39 is 10.0 Å². The fourth-order valence-corrected chi connectivity index (χ4v) is 4.76. The molecule has 21 heavy (non-hydrogen) atoms. The second-order valence-electron chi connectivity index (χ2n) is 5.23. The van der Waals surface area contributed by atoms with Gasteiger partial charge in [-0.05, 0) is 24.6 Å². The normalized spacial score (nSPS) is 24.8. The first-order valence-electron chi connectivity index (χ1n) is 6.77. The van der Waals surface area contributed by atoms with Crippen molar-refractivity contribution in [2.75, 3.05) is 5.88 Å². The van der Waals surface area contributed by atoms with E-state index in [4.69, 9.17) is 11.6 Å². The van der Waals surface area contributed by atoms with Crippen molar-refractivity contribution < 1.29 is 8.42 Å². The highest BCUT2D eigenvalue weighted by atomic mass is 35.5. The number of hydrogen-bond acceptors (Lipinski definition) is 2. The second-order valence-corrected chi connectivity index (χ2v) is 7.38. The lowest BCUT2D eigenvalue weighted by Gasteiger charge is -2.07. The van der Waals surface area contributed by atoms with Crippen LogP contribution in [0.15, 0.2) is 59.5 Å². The predicted octanol–water partition coefficient (Wildman–Crippen LogP) is 3.35. The van der Waals surface area contributed by atoms with Gasteiger partial charge in [0.1, 0.15) is 0 Å². The highest BCUT2D eigenvalue weighted by Gasteiger charge is 2.55. The van der Waals surface area contributed by atoms with Crippen LogP contribution in [0.3, 0.4) is 0 Å². The molecule has 1 aliphatic rings. The summed E-state index contributed by atoms with van der Waals surface area (Å²) in [7, 11) is -3.49. The highest BCUT2D eigenvalue weighted by molar-refractivity contribution is 7.89. The molecule has 0 N–H and O–H groups in total. The number of halogens is 1.